The van der Waals surface area contributed by atoms with Gasteiger partial charge in [-0.2, -0.15) is 5.10 Å². The third-order valence-electron chi connectivity index (χ3n) is 4.49. The molecule has 0 amide bonds. The van der Waals surface area contributed by atoms with Crippen LogP contribution in [-0.4, -0.2) is 22.4 Å². The van der Waals surface area contributed by atoms with Crippen LogP contribution in [0.15, 0.2) is 64.0 Å². The van der Waals surface area contributed by atoms with Crippen LogP contribution in [-0.2, 0) is 5.41 Å². The van der Waals surface area contributed by atoms with Crippen molar-refractivity contribution in [3.63, 3.8) is 0 Å². The summed E-state index contributed by atoms with van der Waals surface area (Å²) in [7, 11) is 0. The highest BCUT2D eigenvalue weighted by molar-refractivity contribution is 8.16. The Labute approximate surface area is 163 Å². The molecule has 2 aliphatic heterocycles. The van der Waals surface area contributed by atoms with E-state index in [1.165, 1.54) is 5.56 Å². The van der Waals surface area contributed by atoms with Crippen LogP contribution in [0, 0.1) is 0 Å². The standard InChI is InChI=1S/C21H20ClN3S/c1-21(2,3)16-8-4-15(5-9-16)19-13-26-20-23-12-18(24-25(19)20)14-6-10-17(22)11-7-14/h4-11,13H,12H2,1-3H3. The molecule has 0 aliphatic carbocycles. The van der Waals surface area contributed by atoms with Gasteiger partial charge in [0.2, 0.25) is 0 Å². The molecular weight excluding hydrogens is 362 g/mol. The number of rotatable bonds is 2. The monoisotopic (exact) mass is 381 g/mol. The third kappa shape index (κ3) is 3.31. The smallest absolute Gasteiger partial charge is 0.189 e. The zero-order valence-corrected chi connectivity index (χ0v) is 16.6. The average Bonchev–Trinajstić information content (AvgIpc) is 3.05. The van der Waals surface area contributed by atoms with Crippen molar-refractivity contribution < 1.29 is 0 Å². The van der Waals surface area contributed by atoms with Crippen molar-refractivity contribution in [2.75, 3.05) is 6.54 Å². The van der Waals surface area contributed by atoms with Crippen LogP contribution < -0.4 is 0 Å². The van der Waals surface area contributed by atoms with Crippen molar-refractivity contribution in [1.82, 2.24) is 5.01 Å². The fourth-order valence-corrected chi connectivity index (χ4v) is 3.89. The van der Waals surface area contributed by atoms with Gasteiger partial charge in [0.25, 0.3) is 0 Å². The lowest BCUT2D eigenvalue weighted by atomic mass is 9.86. The van der Waals surface area contributed by atoms with Gasteiger partial charge in [-0.25, -0.2) is 5.01 Å². The molecule has 0 atom stereocenters. The minimum Gasteiger partial charge on any atom is -0.254 e. The molecule has 0 saturated carbocycles. The second-order valence-electron chi connectivity index (χ2n) is 7.41. The Morgan fingerprint density at radius 3 is 2.27 bits per heavy atom. The summed E-state index contributed by atoms with van der Waals surface area (Å²) in [6, 6.07) is 16.5. The zero-order valence-electron chi connectivity index (χ0n) is 15.0. The molecule has 0 fully saturated rings. The van der Waals surface area contributed by atoms with Gasteiger partial charge in [0.05, 0.1) is 18.0 Å². The Hall–Kier alpha value is -2.04. The molecule has 26 heavy (non-hydrogen) atoms. The molecule has 132 valence electrons. The van der Waals surface area contributed by atoms with Gasteiger partial charge in [-0.15, -0.1) is 0 Å². The van der Waals surface area contributed by atoms with Crippen molar-refractivity contribution in [2.45, 2.75) is 26.2 Å². The van der Waals surface area contributed by atoms with Crippen LogP contribution in [0.2, 0.25) is 5.02 Å². The number of hydrazone groups is 1. The highest BCUT2D eigenvalue weighted by atomic mass is 35.5. The normalized spacial score (nSPS) is 16.8. The maximum absolute atomic E-state index is 6.00. The number of amidine groups is 1. The molecule has 4 rings (SSSR count). The van der Waals surface area contributed by atoms with Gasteiger partial charge in [0.1, 0.15) is 0 Å². The van der Waals surface area contributed by atoms with E-state index in [-0.39, 0.29) is 5.41 Å². The highest BCUT2D eigenvalue weighted by Gasteiger charge is 2.28. The van der Waals surface area contributed by atoms with Gasteiger partial charge in [-0.1, -0.05) is 80.5 Å². The average molecular weight is 382 g/mol. The Bertz CT molecular complexity index is 919. The number of hydrogen-bond acceptors (Lipinski definition) is 4. The van der Waals surface area contributed by atoms with Crippen LogP contribution in [0.3, 0.4) is 0 Å². The van der Waals surface area contributed by atoms with E-state index >= 15 is 0 Å². The SMILES string of the molecule is CC(C)(C)c1ccc(C2=CSC3=NCC(c4ccc(Cl)cc4)=NN23)cc1. The number of benzene rings is 2. The van der Waals surface area contributed by atoms with Crippen LogP contribution in [0.5, 0.6) is 0 Å². The number of halogens is 1. The lowest BCUT2D eigenvalue weighted by Crippen LogP contribution is -2.26. The van der Waals surface area contributed by atoms with E-state index in [2.05, 4.69) is 50.4 Å². The third-order valence-corrected chi connectivity index (χ3v) is 5.60. The molecular formula is C21H20ClN3S. The first-order valence-corrected chi connectivity index (χ1v) is 9.83. The van der Waals surface area contributed by atoms with Crippen LogP contribution in [0.1, 0.15) is 37.5 Å². The van der Waals surface area contributed by atoms with Gasteiger partial charge in [-0.05, 0) is 28.7 Å². The van der Waals surface area contributed by atoms with Crippen LogP contribution >= 0.6 is 23.4 Å². The zero-order chi connectivity index (χ0) is 18.3. The molecule has 3 nitrogen and oxygen atoms in total. The van der Waals surface area contributed by atoms with Crippen LogP contribution in [0.4, 0.5) is 0 Å². The predicted octanol–water partition coefficient (Wildman–Crippen LogP) is 5.76. The Balaban J connectivity index is 1.64. The van der Waals surface area contributed by atoms with E-state index in [1.54, 1.807) is 11.8 Å². The number of hydrogen-bond donors (Lipinski definition) is 0. The molecule has 2 aromatic carbocycles. The quantitative estimate of drug-likeness (QED) is 0.661. The summed E-state index contributed by atoms with van der Waals surface area (Å²) in [6.45, 7) is 7.27. The Kier molecular flexibility index (Phi) is 4.41. The van der Waals surface area contributed by atoms with E-state index < -0.39 is 0 Å². The largest absolute Gasteiger partial charge is 0.254 e. The summed E-state index contributed by atoms with van der Waals surface area (Å²) in [5, 5.41) is 10.6. The van der Waals surface area contributed by atoms with Crippen molar-refractivity contribution in [3.05, 3.63) is 75.7 Å². The molecule has 0 N–H and O–H groups in total. The van der Waals surface area contributed by atoms with Gasteiger partial charge < -0.3 is 0 Å². The maximum Gasteiger partial charge on any atom is 0.189 e. The molecule has 0 aromatic heterocycles. The van der Waals surface area contributed by atoms with Crippen molar-refractivity contribution in [3.8, 4) is 0 Å². The Morgan fingerprint density at radius 1 is 0.962 bits per heavy atom. The lowest BCUT2D eigenvalue weighted by Gasteiger charge is -2.23. The predicted molar refractivity (Wildman–Crippen MR) is 113 cm³/mol. The molecule has 2 aromatic rings. The maximum atomic E-state index is 6.00. The Morgan fingerprint density at radius 2 is 1.62 bits per heavy atom. The molecule has 2 heterocycles. The van der Waals surface area contributed by atoms with E-state index in [0.29, 0.717) is 6.54 Å². The molecule has 5 heteroatoms. The summed E-state index contributed by atoms with van der Waals surface area (Å²) in [6.07, 6.45) is 0. The topological polar surface area (TPSA) is 28.0 Å². The summed E-state index contributed by atoms with van der Waals surface area (Å²) in [5.74, 6) is 0. The molecule has 0 spiro atoms. The van der Waals surface area contributed by atoms with Crippen molar-refractivity contribution in [1.29, 1.82) is 0 Å². The first-order chi connectivity index (χ1) is 12.4. The molecule has 0 radical (unpaired) electrons. The number of nitrogens with zero attached hydrogens (tertiary/aromatic N) is 3. The summed E-state index contributed by atoms with van der Waals surface area (Å²) < 4.78 is 0. The van der Waals surface area contributed by atoms with Crippen LogP contribution in [0.25, 0.3) is 5.70 Å². The van der Waals surface area contributed by atoms with E-state index in [1.807, 2.05) is 29.3 Å². The van der Waals surface area contributed by atoms with Crippen molar-refractivity contribution >= 4 is 39.9 Å². The van der Waals surface area contributed by atoms with E-state index in [4.69, 9.17) is 21.7 Å². The lowest BCUT2D eigenvalue weighted by molar-refractivity contribution is 0.590. The second kappa shape index (κ2) is 6.60. The van der Waals surface area contributed by atoms with E-state index in [0.717, 1.165) is 32.7 Å². The van der Waals surface area contributed by atoms with Gasteiger partial charge in [0, 0.05) is 16.0 Å². The minimum absolute atomic E-state index is 0.148. The highest BCUT2D eigenvalue weighted by Crippen LogP contribution is 2.36. The molecule has 2 aliphatic rings. The van der Waals surface area contributed by atoms with Gasteiger partial charge >= 0.3 is 0 Å². The second-order valence-corrected chi connectivity index (χ2v) is 8.69. The van der Waals surface area contributed by atoms with E-state index in [9.17, 15) is 0 Å². The van der Waals surface area contributed by atoms with Gasteiger partial charge in [-0.3, -0.25) is 4.99 Å². The number of aliphatic imine (C=N–C) groups is 1. The summed E-state index contributed by atoms with van der Waals surface area (Å²) >= 11 is 7.62. The first-order valence-electron chi connectivity index (χ1n) is 8.57. The summed E-state index contributed by atoms with van der Waals surface area (Å²) in [4.78, 5) is 4.69. The fourth-order valence-electron chi connectivity index (χ4n) is 2.93. The fraction of sp³-hybridized carbons (Fsp3) is 0.238. The summed E-state index contributed by atoms with van der Waals surface area (Å²) in [5.41, 5.74) is 5.69. The first kappa shape index (κ1) is 17.4. The molecule has 0 bridgehead atoms. The van der Waals surface area contributed by atoms with Gasteiger partial charge in [0.15, 0.2) is 5.17 Å². The number of fused-ring (bicyclic) bond motifs is 1. The minimum atomic E-state index is 0.148. The molecule has 0 saturated heterocycles. The molecule has 0 unspecified atom stereocenters. The number of thioether (sulfide) groups is 1. The van der Waals surface area contributed by atoms with Crippen molar-refractivity contribution in [2.24, 2.45) is 10.1 Å².